The second-order valence-corrected chi connectivity index (χ2v) is 4.26. The Morgan fingerprint density at radius 2 is 2.06 bits per heavy atom. The van der Waals surface area contributed by atoms with Crippen molar-refractivity contribution < 1.29 is 14.3 Å². The van der Waals surface area contributed by atoms with Crippen molar-refractivity contribution in [1.29, 1.82) is 0 Å². The number of hydrogen-bond donors (Lipinski definition) is 1. The van der Waals surface area contributed by atoms with Crippen LogP contribution in [0, 0.1) is 11.7 Å². The van der Waals surface area contributed by atoms with Crippen molar-refractivity contribution in [2.45, 2.75) is 31.6 Å². The Hall–Kier alpha value is -1.45. The number of aliphatic carboxylic acids is 1. The lowest BCUT2D eigenvalue weighted by atomic mass is 9.80. The summed E-state index contributed by atoms with van der Waals surface area (Å²) in [5, 5.41) is 8.86. The van der Waals surface area contributed by atoms with E-state index in [0.29, 0.717) is 31.4 Å². The van der Waals surface area contributed by atoms with Crippen LogP contribution in [-0.4, -0.2) is 16.1 Å². The highest BCUT2D eigenvalue weighted by atomic mass is 19.1. The fraction of sp³-hybridized carbons (Fsp3) is 0.500. The van der Waals surface area contributed by atoms with Crippen molar-refractivity contribution in [2.75, 3.05) is 0 Å². The molecular formula is C12H14FNO2. The summed E-state index contributed by atoms with van der Waals surface area (Å²) in [6.07, 6.45) is 4.25. The number of carboxylic acids is 1. The summed E-state index contributed by atoms with van der Waals surface area (Å²) < 4.78 is 13.5. The third-order valence-electron chi connectivity index (χ3n) is 3.25. The summed E-state index contributed by atoms with van der Waals surface area (Å²) in [6, 6.07) is 2.98. The quantitative estimate of drug-likeness (QED) is 0.838. The summed E-state index contributed by atoms with van der Waals surface area (Å²) in [6.45, 7) is 0. The first kappa shape index (κ1) is 11.0. The van der Waals surface area contributed by atoms with Gasteiger partial charge in [-0.1, -0.05) is 0 Å². The van der Waals surface area contributed by atoms with Crippen LogP contribution in [0.2, 0.25) is 0 Å². The van der Waals surface area contributed by atoms with Crippen molar-refractivity contribution in [1.82, 2.24) is 4.98 Å². The average Bonchev–Trinajstić information content (AvgIpc) is 2.30. The van der Waals surface area contributed by atoms with Gasteiger partial charge in [-0.15, -0.1) is 0 Å². The van der Waals surface area contributed by atoms with Crippen LogP contribution in [0.15, 0.2) is 18.3 Å². The molecule has 1 saturated carbocycles. The summed E-state index contributed by atoms with van der Waals surface area (Å²) in [5.41, 5.74) is 0.492. The molecule has 86 valence electrons. The lowest BCUT2D eigenvalue weighted by Gasteiger charge is -2.25. The van der Waals surface area contributed by atoms with Gasteiger partial charge in [0, 0.05) is 12.1 Å². The largest absolute Gasteiger partial charge is 0.481 e. The molecule has 0 spiro atoms. The van der Waals surface area contributed by atoms with Crippen LogP contribution in [0.4, 0.5) is 4.39 Å². The molecule has 0 aromatic carbocycles. The summed E-state index contributed by atoms with van der Waals surface area (Å²) >= 11 is 0. The van der Waals surface area contributed by atoms with Crippen LogP contribution in [0.25, 0.3) is 0 Å². The first-order chi connectivity index (χ1) is 7.68. The molecule has 1 heterocycles. The zero-order valence-corrected chi connectivity index (χ0v) is 8.90. The minimum Gasteiger partial charge on any atom is -0.481 e. The first-order valence-electron chi connectivity index (χ1n) is 5.51. The van der Waals surface area contributed by atoms with Crippen LogP contribution in [0.1, 0.15) is 37.3 Å². The van der Waals surface area contributed by atoms with E-state index in [2.05, 4.69) is 4.98 Å². The summed E-state index contributed by atoms with van der Waals surface area (Å²) in [4.78, 5) is 14.8. The molecule has 16 heavy (non-hydrogen) atoms. The monoisotopic (exact) mass is 223 g/mol. The molecule has 0 bridgehead atoms. The highest BCUT2D eigenvalue weighted by Crippen LogP contribution is 2.35. The predicted molar refractivity (Wildman–Crippen MR) is 56.5 cm³/mol. The van der Waals surface area contributed by atoms with Crippen molar-refractivity contribution in [2.24, 2.45) is 5.92 Å². The molecule has 1 aliphatic carbocycles. The number of aromatic nitrogens is 1. The van der Waals surface area contributed by atoms with Crippen LogP contribution in [0.3, 0.4) is 0 Å². The number of carboxylic acid groups (broad SMARTS) is 1. The Morgan fingerprint density at radius 1 is 1.38 bits per heavy atom. The van der Waals surface area contributed by atoms with Crippen LogP contribution in [0.5, 0.6) is 0 Å². The Bertz CT molecular complexity index is 386. The average molecular weight is 223 g/mol. The van der Waals surface area contributed by atoms with Gasteiger partial charge in [-0.2, -0.15) is 0 Å². The number of pyridine rings is 1. The third-order valence-corrected chi connectivity index (χ3v) is 3.25. The number of halogens is 1. The van der Waals surface area contributed by atoms with E-state index in [0.717, 1.165) is 0 Å². The van der Waals surface area contributed by atoms with E-state index in [9.17, 15) is 9.18 Å². The minimum absolute atomic E-state index is 0.0804. The zero-order chi connectivity index (χ0) is 11.5. The van der Waals surface area contributed by atoms with E-state index < -0.39 is 5.97 Å². The van der Waals surface area contributed by atoms with E-state index in [1.165, 1.54) is 6.07 Å². The molecule has 4 heteroatoms. The van der Waals surface area contributed by atoms with Gasteiger partial charge in [-0.25, -0.2) is 4.39 Å². The smallest absolute Gasteiger partial charge is 0.306 e. The normalized spacial score (nSPS) is 25.3. The van der Waals surface area contributed by atoms with Gasteiger partial charge in [0.05, 0.1) is 11.6 Å². The first-order valence-corrected chi connectivity index (χ1v) is 5.51. The molecule has 0 atom stereocenters. The Morgan fingerprint density at radius 3 is 2.62 bits per heavy atom. The SMILES string of the molecule is O=C(O)C1CCC(c2ncccc2F)CC1. The Kier molecular flexibility index (Phi) is 3.17. The predicted octanol–water partition coefficient (Wildman–Crippen LogP) is 2.58. The van der Waals surface area contributed by atoms with Crippen LogP contribution < -0.4 is 0 Å². The van der Waals surface area contributed by atoms with Gasteiger partial charge in [0.1, 0.15) is 5.82 Å². The Labute approximate surface area is 93.3 Å². The second-order valence-electron chi connectivity index (χ2n) is 4.26. The van der Waals surface area contributed by atoms with Gasteiger partial charge in [-0.05, 0) is 37.8 Å². The minimum atomic E-state index is -0.736. The molecule has 0 saturated heterocycles. The zero-order valence-electron chi connectivity index (χ0n) is 8.90. The maximum absolute atomic E-state index is 13.5. The molecule has 0 aliphatic heterocycles. The van der Waals surface area contributed by atoms with Gasteiger partial charge in [0.25, 0.3) is 0 Å². The molecular weight excluding hydrogens is 209 g/mol. The van der Waals surface area contributed by atoms with Crippen molar-refractivity contribution in [3.05, 3.63) is 29.8 Å². The molecule has 0 amide bonds. The van der Waals surface area contributed by atoms with Gasteiger partial charge in [0.15, 0.2) is 0 Å². The highest BCUT2D eigenvalue weighted by molar-refractivity contribution is 5.70. The lowest BCUT2D eigenvalue weighted by Crippen LogP contribution is -2.21. The molecule has 3 nitrogen and oxygen atoms in total. The topological polar surface area (TPSA) is 50.2 Å². The maximum atomic E-state index is 13.5. The molecule has 0 unspecified atom stereocenters. The van der Waals surface area contributed by atoms with Crippen molar-refractivity contribution in [3.8, 4) is 0 Å². The standard InChI is InChI=1S/C12H14FNO2/c13-10-2-1-7-14-11(10)8-3-5-9(6-4-8)12(15)16/h1-2,7-9H,3-6H2,(H,15,16). The van der Waals surface area contributed by atoms with E-state index >= 15 is 0 Å². The molecule has 1 N–H and O–H groups in total. The van der Waals surface area contributed by atoms with Gasteiger partial charge in [0.2, 0.25) is 0 Å². The Balaban J connectivity index is 2.05. The molecule has 2 rings (SSSR count). The number of carbonyl (C=O) groups is 1. The number of hydrogen-bond acceptors (Lipinski definition) is 2. The maximum Gasteiger partial charge on any atom is 0.306 e. The fourth-order valence-electron chi connectivity index (χ4n) is 2.31. The molecule has 1 aliphatic rings. The number of nitrogens with zero attached hydrogens (tertiary/aromatic N) is 1. The second kappa shape index (κ2) is 4.60. The highest BCUT2D eigenvalue weighted by Gasteiger charge is 2.28. The number of rotatable bonds is 2. The van der Waals surface area contributed by atoms with E-state index in [-0.39, 0.29) is 17.7 Å². The lowest BCUT2D eigenvalue weighted by molar-refractivity contribution is -0.142. The van der Waals surface area contributed by atoms with Gasteiger partial charge < -0.3 is 5.11 Å². The van der Waals surface area contributed by atoms with Gasteiger partial charge >= 0.3 is 5.97 Å². The van der Waals surface area contributed by atoms with Crippen LogP contribution >= 0.6 is 0 Å². The third kappa shape index (κ3) is 2.21. The van der Waals surface area contributed by atoms with E-state index in [4.69, 9.17) is 5.11 Å². The van der Waals surface area contributed by atoms with Crippen LogP contribution in [-0.2, 0) is 4.79 Å². The van der Waals surface area contributed by atoms with E-state index in [1.807, 2.05) is 0 Å². The molecule has 1 aromatic rings. The summed E-state index contributed by atoms with van der Waals surface area (Å²) in [5.74, 6) is -1.19. The molecule has 1 aromatic heterocycles. The van der Waals surface area contributed by atoms with E-state index in [1.54, 1.807) is 12.3 Å². The molecule has 1 fully saturated rings. The summed E-state index contributed by atoms with van der Waals surface area (Å²) in [7, 11) is 0. The van der Waals surface area contributed by atoms with Crippen molar-refractivity contribution in [3.63, 3.8) is 0 Å². The fourth-order valence-corrected chi connectivity index (χ4v) is 2.31. The van der Waals surface area contributed by atoms with Gasteiger partial charge in [-0.3, -0.25) is 9.78 Å². The molecule has 0 radical (unpaired) electrons. The van der Waals surface area contributed by atoms with Crippen molar-refractivity contribution >= 4 is 5.97 Å².